The first-order chi connectivity index (χ1) is 9.17. The zero-order chi connectivity index (χ0) is 13.4. The molecule has 5 nitrogen and oxygen atoms in total. The van der Waals surface area contributed by atoms with Gasteiger partial charge < -0.3 is 15.1 Å². The van der Waals surface area contributed by atoms with Crippen molar-refractivity contribution in [3.05, 3.63) is 23.9 Å². The highest BCUT2D eigenvalue weighted by Crippen LogP contribution is 2.32. The lowest BCUT2D eigenvalue weighted by Crippen LogP contribution is -2.27. The Labute approximate surface area is 113 Å². The molecule has 0 bridgehead atoms. The third kappa shape index (κ3) is 2.30. The minimum absolute atomic E-state index is 0.0843. The molecule has 2 fully saturated rings. The third-order valence-electron chi connectivity index (χ3n) is 4.23. The number of rotatable bonds is 2. The van der Waals surface area contributed by atoms with Gasteiger partial charge in [0.05, 0.1) is 5.56 Å². The van der Waals surface area contributed by atoms with Crippen molar-refractivity contribution in [2.45, 2.75) is 0 Å². The standard InChI is InChI=1S/C14H20N4O/c1-15-14(19)10-3-4-13(16-5-10)18-8-11-6-17(2)7-12(11)9-18/h3-5,11-12H,6-9H2,1-2H3,(H,15,19). The molecule has 1 amide bonds. The van der Waals surface area contributed by atoms with E-state index in [1.54, 1.807) is 13.2 Å². The SMILES string of the molecule is CNC(=O)c1ccc(N2CC3CN(C)CC3C2)nc1. The molecule has 1 N–H and O–H groups in total. The van der Waals surface area contributed by atoms with Gasteiger partial charge in [0.15, 0.2) is 0 Å². The molecular weight excluding hydrogens is 240 g/mol. The number of carbonyl (C=O) groups is 1. The number of pyridine rings is 1. The lowest BCUT2D eigenvalue weighted by atomic mass is 10.0. The van der Waals surface area contributed by atoms with Crippen molar-refractivity contribution in [2.24, 2.45) is 11.8 Å². The smallest absolute Gasteiger partial charge is 0.252 e. The maximum absolute atomic E-state index is 11.5. The summed E-state index contributed by atoms with van der Waals surface area (Å²) in [5.74, 6) is 2.44. The first-order valence-electron chi connectivity index (χ1n) is 6.79. The fourth-order valence-corrected chi connectivity index (χ4v) is 3.27. The molecule has 2 unspecified atom stereocenters. The van der Waals surface area contributed by atoms with Gasteiger partial charge in [0.1, 0.15) is 5.82 Å². The van der Waals surface area contributed by atoms with Crippen LogP contribution in [0, 0.1) is 11.8 Å². The molecule has 2 aliphatic rings. The van der Waals surface area contributed by atoms with Crippen molar-refractivity contribution in [3.8, 4) is 0 Å². The number of aromatic nitrogens is 1. The van der Waals surface area contributed by atoms with Gasteiger partial charge >= 0.3 is 0 Å². The molecule has 19 heavy (non-hydrogen) atoms. The Hall–Kier alpha value is -1.62. The van der Waals surface area contributed by atoms with Gasteiger partial charge in [0.2, 0.25) is 0 Å². The predicted octanol–water partition coefficient (Wildman–Crippen LogP) is 0.439. The summed E-state index contributed by atoms with van der Waals surface area (Å²) in [6, 6.07) is 3.80. The van der Waals surface area contributed by atoms with Gasteiger partial charge in [-0.15, -0.1) is 0 Å². The van der Waals surface area contributed by atoms with Gasteiger partial charge in [-0.1, -0.05) is 0 Å². The molecule has 0 aromatic carbocycles. The van der Waals surface area contributed by atoms with Gasteiger partial charge in [0.25, 0.3) is 5.91 Å². The molecule has 2 aliphatic heterocycles. The van der Waals surface area contributed by atoms with Crippen LogP contribution in [-0.2, 0) is 0 Å². The lowest BCUT2D eigenvalue weighted by Gasteiger charge is -2.20. The van der Waals surface area contributed by atoms with Gasteiger partial charge in [0, 0.05) is 39.4 Å². The van der Waals surface area contributed by atoms with Crippen LogP contribution in [0.3, 0.4) is 0 Å². The normalized spacial score (nSPS) is 26.5. The molecule has 0 saturated carbocycles. The number of hydrogen-bond acceptors (Lipinski definition) is 4. The van der Waals surface area contributed by atoms with Crippen LogP contribution in [0.25, 0.3) is 0 Å². The van der Waals surface area contributed by atoms with E-state index < -0.39 is 0 Å². The summed E-state index contributed by atoms with van der Waals surface area (Å²) in [4.78, 5) is 20.7. The number of amides is 1. The van der Waals surface area contributed by atoms with E-state index in [4.69, 9.17) is 0 Å². The molecule has 1 aromatic heterocycles. The van der Waals surface area contributed by atoms with Crippen LogP contribution in [0.5, 0.6) is 0 Å². The molecule has 3 rings (SSSR count). The van der Waals surface area contributed by atoms with Crippen LogP contribution in [0.4, 0.5) is 5.82 Å². The highest BCUT2D eigenvalue weighted by atomic mass is 16.1. The Morgan fingerprint density at radius 3 is 2.47 bits per heavy atom. The molecule has 0 aliphatic carbocycles. The average molecular weight is 260 g/mol. The zero-order valence-corrected chi connectivity index (χ0v) is 11.5. The lowest BCUT2D eigenvalue weighted by molar-refractivity contribution is 0.0963. The third-order valence-corrected chi connectivity index (χ3v) is 4.23. The van der Waals surface area contributed by atoms with E-state index in [0.29, 0.717) is 5.56 Å². The Bertz CT molecular complexity index is 459. The van der Waals surface area contributed by atoms with Crippen LogP contribution in [0.2, 0.25) is 0 Å². The molecular formula is C14H20N4O. The molecule has 0 radical (unpaired) electrons. The summed E-state index contributed by atoms with van der Waals surface area (Å²) in [5, 5.41) is 2.61. The van der Waals surface area contributed by atoms with Crippen molar-refractivity contribution in [1.29, 1.82) is 0 Å². The second-order valence-corrected chi connectivity index (χ2v) is 5.63. The second-order valence-electron chi connectivity index (χ2n) is 5.63. The minimum Gasteiger partial charge on any atom is -0.356 e. The summed E-state index contributed by atoms with van der Waals surface area (Å²) in [7, 11) is 3.83. The van der Waals surface area contributed by atoms with Crippen molar-refractivity contribution in [2.75, 3.05) is 45.2 Å². The number of nitrogens with one attached hydrogen (secondary N) is 1. The molecule has 5 heteroatoms. The van der Waals surface area contributed by atoms with E-state index in [2.05, 4.69) is 27.1 Å². The summed E-state index contributed by atoms with van der Waals surface area (Å²) < 4.78 is 0. The molecule has 2 atom stereocenters. The first-order valence-corrected chi connectivity index (χ1v) is 6.79. The van der Waals surface area contributed by atoms with Crippen LogP contribution in [0.15, 0.2) is 18.3 Å². The van der Waals surface area contributed by atoms with Crippen molar-refractivity contribution >= 4 is 11.7 Å². The maximum atomic E-state index is 11.5. The van der Waals surface area contributed by atoms with E-state index in [1.807, 2.05) is 12.1 Å². The van der Waals surface area contributed by atoms with Crippen molar-refractivity contribution in [1.82, 2.24) is 15.2 Å². The highest BCUT2D eigenvalue weighted by Gasteiger charge is 2.38. The highest BCUT2D eigenvalue weighted by molar-refractivity contribution is 5.93. The average Bonchev–Trinajstić information content (AvgIpc) is 2.95. The number of nitrogens with zero attached hydrogens (tertiary/aromatic N) is 3. The van der Waals surface area contributed by atoms with E-state index in [-0.39, 0.29) is 5.91 Å². The van der Waals surface area contributed by atoms with Crippen LogP contribution in [0.1, 0.15) is 10.4 Å². The van der Waals surface area contributed by atoms with Gasteiger partial charge in [-0.05, 0) is 31.0 Å². The summed E-state index contributed by atoms with van der Waals surface area (Å²) in [6.07, 6.45) is 1.66. The quantitative estimate of drug-likeness (QED) is 0.838. The molecule has 3 heterocycles. The topological polar surface area (TPSA) is 48.5 Å². The van der Waals surface area contributed by atoms with E-state index in [1.165, 1.54) is 13.1 Å². The molecule has 0 spiro atoms. The Kier molecular flexibility index (Phi) is 3.14. The van der Waals surface area contributed by atoms with E-state index in [0.717, 1.165) is 30.7 Å². The van der Waals surface area contributed by atoms with Gasteiger partial charge in [-0.3, -0.25) is 4.79 Å². The Morgan fingerprint density at radius 2 is 1.95 bits per heavy atom. The summed E-state index contributed by atoms with van der Waals surface area (Å²) >= 11 is 0. The minimum atomic E-state index is -0.0843. The number of hydrogen-bond donors (Lipinski definition) is 1. The van der Waals surface area contributed by atoms with Crippen molar-refractivity contribution < 1.29 is 4.79 Å². The van der Waals surface area contributed by atoms with Gasteiger partial charge in [-0.2, -0.15) is 0 Å². The van der Waals surface area contributed by atoms with E-state index in [9.17, 15) is 4.79 Å². The number of likely N-dealkylation sites (tertiary alicyclic amines) is 1. The van der Waals surface area contributed by atoms with Gasteiger partial charge in [-0.25, -0.2) is 4.98 Å². The summed E-state index contributed by atoms with van der Waals surface area (Å²) in [6.45, 7) is 4.55. The number of fused-ring (bicyclic) bond motifs is 1. The van der Waals surface area contributed by atoms with Crippen LogP contribution in [-0.4, -0.2) is 56.1 Å². The van der Waals surface area contributed by atoms with Crippen molar-refractivity contribution in [3.63, 3.8) is 0 Å². The largest absolute Gasteiger partial charge is 0.356 e. The molecule has 1 aromatic rings. The van der Waals surface area contributed by atoms with Crippen LogP contribution < -0.4 is 10.2 Å². The number of anilines is 1. The summed E-state index contributed by atoms with van der Waals surface area (Å²) in [5.41, 5.74) is 0.616. The fourth-order valence-electron chi connectivity index (χ4n) is 3.27. The molecule has 102 valence electrons. The Balaban J connectivity index is 1.69. The maximum Gasteiger partial charge on any atom is 0.252 e. The first kappa shape index (κ1) is 12.4. The Morgan fingerprint density at radius 1 is 1.26 bits per heavy atom. The molecule has 2 saturated heterocycles. The zero-order valence-electron chi connectivity index (χ0n) is 11.5. The predicted molar refractivity (Wildman–Crippen MR) is 74.3 cm³/mol. The van der Waals surface area contributed by atoms with E-state index >= 15 is 0 Å². The number of carbonyl (C=O) groups excluding carboxylic acids is 1. The fraction of sp³-hybridized carbons (Fsp3) is 0.571. The van der Waals surface area contributed by atoms with Crippen LogP contribution >= 0.6 is 0 Å². The monoisotopic (exact) mass is 260 g/mol. The second kappa shape index (κ2) is 4.81.